The van der Waals surface area contributed by atoms with Crippen LogP contribution >= 0.6 is 0 Å². The van der Waals surface area contributed by atoms with Crippen LogP contribution in [0.1, 0.15) is 59.8 Å². The van der Waals surface area contributed by atoms with Crippen molar-refractivity contribution in [2.75, 3.05) is 5.32 Å². The van der Waals surface area contributed by atoms with Crippen molar-refractivity contribution in [2.45, 2.75) is 75.3 Å². The van der Waals surface area contributed by atoms with Crippen LogP contribution in [0, 0.1) is 0 Å². The highest BCUT2D eigenvalue weighted by atomic mass is 32.2. The highest BCUT2D eigenvalue weighted by Crippen LogP contribution is 2.39. The van der Waals surface area contributed by atoms with Gasteiger partial charge in [-0.15, -0.1) is 0 Å². The van der Waals surface area contributed by atoms with Crippen molar-refractivity contribution < 1.29 is 17.9 Å². The van der Waals surface area contributed by atoms with Crippen LogP contribution in [0.5, 0.6) is 0 Å². The second-order valence-electron chi connectivity index (χ2n) is 8.13. The van der Waals surface area contributed by atoms with E-state index in [1.807, 2.05) is 0 Å². The highest BCUT2D eigenvalue weighted by molar-refractivity contribution is 7.89. The van der Waals surface area contributed by atoms with E-state index in [0.29, 0.717) is 13.0 Å². The van der Waals surface area contributed by atoms with Crippen molar-refractivity contribution >= 4 is 15.7 Å². The molecule has 1 aliphatic heterocycles. The van der Waals surface area contributed by atoms with Crippen LogP contribution in [0.4, 0.5) is 10.1 Å². The van der Waals surface area contributed by atoms with Gasteiger partial charge >= 0.3 is 0 Å². The maximum Gasteiger partial charge on any atom is 0.247 e. The number of aliphatic hydroxyl groups is 1. The van der Waals surface area contributed by atoms with Crippen molar-refractivity contribution in [2.24, 2.45) is 0 Å². The number of aryl methyl sites for hydroxylation is 3. The minimum Gasteiger partial charge on any atom is -0.360 e. The van der Waals surface area contributed by atoms with Crippen LogP contribution in [0.2, 0.25) is 0 Å². The van der Waals surface area contributed by atoms with Crippen LogP contribution in [-0.2, 0) is 42.3 Å². The molecule has 2 aromatic rings. The molecule has 3 aliphatic rings. The smallest absolute Gasteiger partial charge is 0.247 e. The first-order chi connectivity index (χ1) is 13.9. The van der Waals surface area contributed by atoms with Gasteiger partial charge < -0.3 is 10.4 Å². The zero-order chi connectivity index (χ0) is 20.2. The van der Waals surface area contributed by atoms with Crippen LogP contribution in [-0.4, -0.2) is 29.7 Å². The van der Waals surface area contributed by atoms with Gasteiger partial charge in [0.05, 0.1) is 11.9 Å². The van der Waals surface area contributed by atoms with Gasteiger partial charge in [0.15, 0.2) is 6.35 Å². The van der Waals surface area contributed by atoms with Gasteiger partial charge in [-0.25, -0.2) is 12.8 Å². The third-order valence-electron chi connectivity index (χ3n) is 6.28. The van der Waals surface area contributed by atoms with E-state index in [9.17, 15) is 17.9 Å². The Bertz CT molecular complexity index is 1030. The minimum absolute atomic E-state index is 0.0671. The molecule has 2 atom stereocenters. The van der Waals surface area contributed by atoms with E-state index >= 15 is 0 Å². The molecule has 0 saturated heterocycles. The summed E-state index contributed by atoms with van der Waals surface area (Å²) in [5, 5.41) is 17.6. The predicted octanol–water partition coefficient (Wildman–Crippen LogP) is 2.33. The fourth-order valence-corrected chi connectivity index (χ4v) is 6.18. The first-order valence-electron chi connectivity index (χ1n) is 10.3. The van der Waals surface area contributed by atoms with E-state index in [-0.39, 0.29) is 17.0 Å². The number of nitrogens with one attached hydrogen (secondary N) is 2. The number of alkyl halides is 1. The maximum absolute atomic E-state index is 14.4. The summed E-state index contributed by atoms with van der Waals surface area (Å²) >= 11 is 0. The van der Waals surface area contributed by atoms with E-state index in [2.05, 4.69) is 21.2 Å². The number of nitrogens with zero attached hydrogens (tertiary/aromatic N) is 2. The van der Waals surface area contributed by atoms with Crippen molar-refractivity contribution in [3.8, 4) is 0 Å². The molecule has 1 aromatic heterocycles. The summed E-state index contributed by atoms with van der Waals surface area (Å²) in [4.78, 5) is -0.200. The average molecular weight is 421 g/mol. The van der Waals surface area contributed by atoms with Crippen molar-refractivity contribution in [3.05, 3.63) is 40.2 Å². The number of aromatic nitrogens is 2. The Morgan fingerprint density at radius 2 is 1.83 bits per heavy atom. The van der Waals surface area contributed by atoms with Gasteiger partial charge in [0.2, 0.25) is 10.0 Å². The molecule has 0 radical (unpaired) electrons. The number of fused-ring (bicyclic) bond motifs is 3. The molecular formula is C20H25FN4O3S. The SMILES string of the molecule is O=S(=O)(NC(O)Nc1c2c(cc3c1CCC3)CCC2)c1cnn2c1C(F)CCC2. The first kappa shape index (κ1) is 19.0. The molecule has 2 heterocycles. The number of hydrogen-bond donors (Lipinski definition) is 3. The molecule has 29 heavy (non-hydrogen) atoms. The molecule has 3 N–H and O–H groups in total. The van der Waals surface area contributed by atoms with Crippen LogP contribution in [0.15, 0.2) is 17.2 Å². The summed E-state index contributed by atoms with van der Waals surface area (Å²) in [5.41, 5.74) is 5.86. The normalized spacial score (nSPS) is 21.5. The lowest BCUT2D eigenvalue weighted by Crippen LogP contribution is -2.41. The van der Waals surface area contributed by atoms with E-state index in [1.165, 1.54) is 33.1 Å². The molecule has 7 nitrogen and oxygen atoms in total. The second-order valence-corrected chi connectivity index (χ2v) is 9.81. The molecule has 0 spiro atoms. The number of rotatable bonds is 5. The Morgan fingerprint density at radius 3 is 2.52 bits per heavy atom. The summed E-state index contributed by atoms with van der Waals surface area (Å²) in [6.45, 7) is 0.494. The van der Waals surface area contributed by atoms with Gasteiger partial charge in [-0.1, -0.05) is 6.07 Å². The van der Waals surface area contributed by atoms with E-state index < -0.39 is 22.5 Å². The molecular weight excluding hydrogens is 395 g/mol. The lowest BCUT2D eigenvalue weighted by molar-refractivity contribution is 0.192. The summed E-state index contributed by atoms with van der Waals surface area (Å²) < 4.78 is 43.7. The molecule has 0 amide bonds. The Morgan fingerprint density at radius 1 is 1.14 bits per heavy atom. The Balaban J connectivity index is 1.41. The number of benzene rings is 1. The molecule has 2 unspecified atom stereocenters. The lowest BCUT2D eigenvalue weighted by Gasteiger charge is -2.22. The summed E-state index contributed by atoms with van der Waals surface area (Å²) in [6.07, 6.45) is 5.19. The van der Waals surface area contributed by atoms with E-state index in [1.54, 1.807) is 0 Å². The van der Waals surface area contributed by atoms with E-state index in [0.717, 1.165) is 44.2 Å². The predicted molar refractivity (Wildman–Crippen MR) is 106 cm³/mol. The molecule has 0 saturated carbocycles. The number of aliphatic hydroxyl groups excluding tert-OH is 1. The standard InChI is InChI=1S/C20H25FN4O3S/c21-16-8-3-9-25-19(16)17(11-22-25)29(27,28)24-20(26)23-18-14-6-1-4-12(14)10-13-5-2-7-15(13)18/h10-11,16,20,23-24,26H,1-9H2. The third kappa shape index (κ3) is 3.25. The van der Waals surface area contributed by atoms with Gasteiger partial charge in [-0.3, -0.25) is 4.68 Å². The summed E-state index contributed by atoms with van der Waals surface area (Å²) in [5.74, 6) is 0. The summed E-state index contributed by atoms with van der Waals surface area (Å²) in [6, 6.07) is 2.27. The zero-order valence-electron chi connectivity index (χ0n) is 16.1. The van der Waals surface area contributed by atoms with Gasteiger partial charge in [-0.05, 0) is 73.6 Å². The molecule has 0 fully saturated rings. The minimum atomic E-state index is -4.12. The Labute approximate surface area is 169 Å². The number of halogens is 1. The Kier molecular flexibility index (Phi) is 4.64. The van der Waals surface area contributed by atoms with E-state index in [4.69, 9.17) is 0 Å². The number of sulfonamides is 1. The fourth-order valence-electron chi connectivity index (χ4n) is 5.00. The molecule has 9 heteroatoms. The number of hydrogen-bond acceptors (Lipinski definition) is 5. The summed E-state index contributed by atoms with van der Waals surface area (Å²) in [7, 11) is -4.12. The van der Waals surface area contributed by atoms with Gasteiger partial charge in [-0.2, -0.15) is 9.82 Å². The van der Waals surface area contributed by atoms with Gasteiger partial charge in [0.25, 0.3) is 0 Å². The van der Waals surface area contributed by atoms with Crippen LogP contribution < -0.4 is 10.0 Å². The van der Waals surface area contributed by atoms with Crippen LogP contribution in [0.3, 0.4) is 0 Å². The highest BCUT2D eigenvalue weighted by Gasteiger charge is 2.33. The van der Waals surface area contributed by atoms with Crippen molar-refractivity contribution in [3.63, 3.8) is 0 Å². The first-order valence-corrected chi connectivity index (χ1v) is 11.8. The largest absolute Gasteiger partial charge is 0.360 e. The second kappa shape index (κ2) is 7.07. The Hall–Kier alpha value is -1.97. The lowest BCUT2D eigenvalue weighted by atomic mass is 9.99. The molecule has 0 bridgehead atoms. The van der Waals surface area contributed by atoms with Gasteiger partial charge in [0, 0.05) is 12.2 Å². The van der Waals surface area contributed by atoms with Crippen molar-refractivity contribution in [1.29, 1.82) is 0 Å². The zero-order valence-corrected chi connectivity index (χ0v) is 16.9. The quantitative estimate of drug-likeness (QED) is 0.645. The fraction of sp³-hybridized carbons (Fsp3) is 0.550. The molecule has 5 rings (SSSR count). The monoisotopic (exact) mass is 420 g/mol. The number of anilines is 1. The molecule has 156 valence electrons. The van der Waals surface area contributed by atoms with Gasteiger partial charge in [0.1, 0.15) is 11.1 Å². The molecule has 2 aliphatic carbocycles. The molecule has 1 aromatic carbocycles. The van der Waals surface area contributed by atoms with Crippen LogP contribution in [0.25, 0.3) is 0 Å². The van der Waals surface area contributed by atoms with Crippen molar-refractivity contribution in [1.82, 2.24) is 14.5 Å². The topological polar surface area (TPSA) is 96.2 Å². The third-order valence-corrected chi connectivity index (χ3v) is 7.71. The maximum atomic E-state index is 14.4. The average Bonchev–Trinajstić information content (AvgIpc) is 3.40.